The number of hydrogen-bond acceptors (Lipinski definition) is 4. The predicted molar refractivity (Wildman–Crippen MR) is 38.2 cm³/mol. The average molecular weight is 279 g/mol. The van der Waals surface area contributed by atoms with Gasteiger partial charge in [-0.25, -0.2) is 4.79 Å². The molecule has 0 unspecified atom stereocenters. The molecule has 0 fully saturated rings. The van der Waals surface area contributed by atoms with Crippen LogP contribution >= 0.6 is 0 Å². The second-order valence-corrected chi connectivity index (χ2v) is 2.48. The molecule has 0 atom stereocenters. The summed E-state index contributed by atoms with van der Waals surface area (Å²) in [6, 6.07) is 0. The van der Waals surface area contributed by atoms with Gasteiger partial charge in [0.1, 0.15) is 0 Å². The van der Waals surface area contributed by atoms with Gasteiger partial charge in [-0.2, -0.15) is 0 Å². The zero-order valence-electron chi connectivity index (χ0n) is 8.43. The fraction of sp³-hybridized carbons (Fsp3) is 0.500. The van der Waals surface area contributed by atoms with Crippen LogP contribution in [0.1, 0.15) is 14.3 Å². The van der Waals surface area contributed by atoms with Crippen LogP contribution in [0.15, 0.2) is 0 Å². The maximum absolute atomic E-state index is 10.3. The molecule has 8 heteroatoms. The third kappa shape index (κ3) is 5.81. The first kappa shape index (κ1) is 16.6. The van der Waals surface area contributed by atoms with Crippen molar-refractivity contribution in [3.8, 4) is 0 Å². The topological polar surface area (TPSA) is 132 Å². The zero-order chi connectivity index (χ0) is 10.6. The number of aliphatic hydroxyl groups is 1. The van der Waals surface area contributed by atoms with Crippen molar-refractivity contribution in [1.29, 1.82) is 0 Å². The quantitative estimate of drug-likeness (QED) is 0.401. The molecule has 76 valence electrons. The minimum atomic E-state index is -2.74. The first-order chi connectivity index (χ1) is 5.78. The van der Waals surface area contributed by atoms with Crippen LogP contribution < -0.4 is 58.2 Å². The summed E-state index contributed by atoms with van der Waals surface area (Å²) in [6.07, 6.45) is -2.29. The molecule has 0 rings (SSSR count). The van der Waals surface area contributed by atoms with Gasteiger partial charge in [0.15, 0.2) is 5.60 Å². The Bertz CT molecular complexity index is 238. The minimum Gasteiger partial charge on any atom is -1.00 e. The molecule has 0 saturated heterocycles. The number of aliphatic carboxylic acids is 3. The van der Waals surface area contributed by atoms with Crippen LogP contribution in [-0.4, -0.2) is 43.9 Å². The second kappa shape index (κ2) is 6.62. The summed E-state index contributed by atoms with van der Waals surface area (Å²) in [7, 11) is 0. The van der Waals surface area contributed by atoms with E-state index in [1.165, 1.54) is 0 Å². The Morgan fingerprint density at radius 2 is 1.29 bits per heavy atom. The third-order valence-corrected chi connectivity index (χ3v) is 1.29. The summed E-state index contributed by atoms with van der Waals surface area (Å²) >= 11 is 0. The number of hydrogen-bond donors (Lipinski definition) is 4. The SMILES string of the molecule is O=C(O)CC(O)(CC(=O)O)C(=O)O.[H-].[Rb+]. The molecule has 0 aromatic heterocycles. The first-order valence-corrected chi connectivity index (χ1v) is 3.17. The molecule has 0 bridgehead atoms. The Morgan fingerprint density at radius 1 is 1.00 bits per heavy atom. The molecule has 0 radical (unpaired) electrons. The maximum atomic E-state index is 10.3. The number of carboxylic acids is 3. The maximum Gasteiger partial charge on any atom is 1.00 e. The number of carbonyl (C=O) groups is 3. The van der Waals surface area contributed by atoms with Crippen molar-refractivity contribution in [2.45, 2.75) is 18.4 Å². The smallest absolute Gasteiger partial charge is 1.00 e. The molecule has 0 aliphatic heterocycles. The summed E-state index contributed by atoms with van der Waals surface area (Å²) in [5.41, 5.74) is -2.74. The summed E-state index contributed by atoms with van der Waals surface area (Å²) in [4.78, 5) is 30.5. The van der Waals surface area contributed by atoms with Crippen LogP contribution in [0.2, 0.25) is 0 Å². The summed E-state index contributed by atoms with van der Waals surface area (Å²) in [6.45, 7) is 0. The van der Waals surface area contributed by atoms with Crippen LogP contribution in [0.25, 0.3) is 0 Å². The van der Waals surface area contributed by atoms with Crippen molar-refractivity contribution in [1.82, 2.24) is 0 Å². The van der Waals surface area contributed by atoms with Crippen LogP contribution in [0.3, 0.4) is 0 Å². The molecule has 0 aromatic rings. The monoisotopic (exact) mass is 278 g/mol. The van der Waals surface area contributed by atoms with Crippen molar-refractivity contribution in [2.75, 3.05) is 0 Å². The van der Waals surface area contributed by atoms with E-state index in [1.807, 2.05) is 0 Å². The molecule has 4 N–H and O–H groups in total. The van der Waals surface area contributed by atoms with Gasteiger partial charge in [-0.3, -0.25) is 9.59 Å². The van der Waals surface area contributed by atoms with Crippen LogP contribution in [0, 0.1) is 0 Å². The molecule has 0 aromatic carbocycles. The summed E-state index contributed by atoms with van der Waals surface area (Å²) in [5.74, 6) is -5.02. The fourth-order valence-electron chi connectivity index (χ4n) is 0.714. The van der Waals surface area contributed by atoms with Crippen LogP contribution in [0.5, 0.6) is 0 Å². The normalized spacial score (nSPS) is 10.1. The second-order valence-electron chi connectivity index (χ2n) is 2.48. The van der Waals surface area contributed by atoms with E-state index < -0.39 is 36.4 Å². The molecule has 0 aliphatic carbocycles. The van der Waals surface area contributed by atoms with Crippen molar-refractivity contribution in [3.05, 3.63) is 0 Å². The molecule has 0 heterocycles. The van der Waals surface area contributed by atoms with Gasteiger partial charge in [0.05, 0.1) is 12.8 Å². The standard InChI is InChI=1S/C6H8O7.Rb.H/c7-3(8)1-6(13,5(11)12)2-4(9)10;;/h13H,1-2H2,(H,7,8)(H,9,10)(H,11,12);;/q;+1;-1. The van der Waals surface area contributed by atoms with E-state index in [9.17, 15) is 14.4 Å². The van der Waals surface area contributed by atoms with E-state index in [-0.39, 0.29) is 59.6 Å². The van der Waals surface area contributed by atoms with Gasteiger partial charge >= 0.3 is 76.1 Å². The van der Waals surface area contributed by atoms with Gasteiger partial charge in [-0.1, -0.05) is 0 Å². The van der Waals surface area contributed by atoms with Gasteiger partial charge in [-0.05, 0) is 0 Å². The fourth-order valence-corrected chi connectivity index (χ4v) is 0.714. The Hall–Kier alpha value is 0.175. The zero-order valence-corrected chi connectivity index (χ0v) is 12.3. The van der Waals surface area contributed by atoms with E-state index in [0.717, 1.165) is 0 Å². The molecule has 7 nitrogen and oxygen atoms in total. The Kier molecular flexibility index (Phi) is 7.85. The van der Waals surface area contributed by atoms with Crippen molar-refractivity contribution >= 4 is 17.9 Å². The van der Waals surface area contributed by atoms with Gasteiger partial charge in [0.25, 0.3) is 0 Å². The molecule has 0 spiro atoms. The molecule has 0 aliphatic rings. The van der Waals surface area contributed by atoms with Crippen LogP contribution in [-0.2, 0) is 14.4 Å². The molecular formula is C6H9O7Rb. The number of rotatable bonds is 5. The average Bonchev–Trinajstić information content (AvgIpc) is 1.82. The van der Waals surface area contributed by atoms with Crippen LogP contribution in [0.4, 0.5) is 0 Å². The van der Waals surface area contributed by atoms with Crippen molar-refractivity contribution < 1.29 is 94.4 Å². The molecule has 0 amide bonds. The minimum absolute atomic E-state index is 0. The Labute approximate surface area is 129 Å². The van der Waals surface area contributed by atoms with Gasteiger partial charge in [0.2, 0.25) is 0 Å². The summed E-state index contributed by atoms with van der Waals surface area (Å²) in [5, 5.41) is 33.8. The molecule has 14 heavy (non-hydrogen) atoms. The molecular weight excluding hydrogens is 270 g/mol. The van der Waals surface area contributed by atoms with Gasteiger partial charge in [0, 0.05) is 0 Å². The van der Waals surface area contributed by atoms with E-state index in [0.29, 0.717) is 0 Å². The van der Waals surface area contributed by atoms with E-state index in [4.69, 9.17) is 20.4 Å². The van der Waals surface area contributed by atoms with E-state index in [1.54, 1.807) is 0 Å². The third-order valence-electron chi connectivity index (χ3n) is 1.29. The first-order valence-electron chi connectivity index (χ1n) is 3.17. The Morgan fingerprint density at radius 3 is 1.43 bits per heavy atom. The molecule has 0 saturated carbocycles. The Balaban J connectivity index is -0.000000720. The summed E-state index contributed by atoms with van der Waals surface area (Å²) < 4.78 is 0. The largest absolute Gasteiger partial charge is 1.00 e. The van der Waals surface area contributed by atoms with E-state index >= 15 is 0 Å². The van der Waals surface area contributed by atoms with Crippen molar-refractivity contribution in [3.63, 3.8) is 0 Å². The van der Waals surface area contributed by atoms with Gasteiger partial charge < -0.3 is 21.9 Å². The van der Waals surface area contributed by atoms with Crippen molar-refractivity contribution in [2.24, 2.45) is 0 Å². The van der Waals surface area contributed by atoms with Gasteiger partial charge in [-0.15, -0.1) is 0 Å². The predicted octanol–water partition coefficient (Wildman–Crippen LogP) is -4.13. The van der Waals surface area contributed by atoms with E-state index in [2.05, 4.69) is 0 Å². The number of carboxylic acid groups (broad SMARTS) is 3.